The highest BCUT2D eigenvalue weighted by Crippen LogP contribution is 2.18. The highest BCUT2D eigenvalue weighted by molar-refractivity contribution is 6.31. The van der Waals surface area contributed by atoms with Crippen molar-refractivity contribution in [2.45, 2.75) is 6.92 Å². The van der Waals surface area contributed by atoms with Crippen LogP contribution in [0.2, 0.25) is 5.02 Å². The van der Waals surface area contributed by atoms with E-state index in [1.165, 1.54) is 0 Å². The number of aromatic nitrogens is 1. The van der Waals surface area contributed by atoms with Gasteiger partial charge in [0.25, 0.3) is 5.56 Å². The molecule has 2 aromatic rings. The minimum absolute atomic E-state index is 0.00639. The maximum Gasteiger partial charge on any atom is 0.258 e. The molecule has 2 rings (SSSR count). The molecule has 0 aliphatic carbocycles. The molecular formula is C11H10ClNO. The Balaban J connectivity index is 3.03. The van der Waals surface area contributed by atoms with E-state index in [1.807, 2.05) is 19.2 Å². The number of aryl methyl sites for hydroxylation is 2. The number of benzene rings is 1. The van der Waals surface area contributed by atoms with E-state index < -0.39 is 0 Å². The molecule has 0 aliphatic rings. The maximum atomic E-state index is 11.7. The van der Waals surface area contributed by atoms with Gasteiger partial charge < -0.3 is 4.57 Å². The van der Waals surface area contributed by atoms with E-state index in [0.717, 1.165) is 10.9 Å². The first-order valence-electron chi connectivity index (χ1n) is 4.35. The standard InChI is InChI=1S/C11H10ClNO/c1-7-6-13(2)11(14)10-5-8(12)3-4-9(7)10/h3-6H,1-2H3. The topological polar surface area (TPSA) is 22.0 Å². The van der Waals surface area contributed by atoms with Gasteiger partial charge in [0, 0.05) is 23.7 Å². The van der Waals surface area contributed by atoms with Crippen molar-refractivity contribution in [1.82, 2.24) is 4.57 Å². The highest BCUT2D eigenvalue weighted by atomic mass is 35.5. The van der Waals surface area contributed by atoms with Crippen LogP contribution in [0.4, 0.5) is 0 Å². The van der Waals surface area contributed by atoms with Crippen molar-refractivity contribution in [3.63, 3.8) is 0 Å². The third kappa shape index (κ3) is 1.32. The number of pyridine rings is 1. The molecule has 0 amide bonds. The van der Waals surface area contributed by atoms with Crippen molar-refractivity contribution < 1.29 is 0 Å². The summed E-state index contributed by atoms with van der Waals surface area (Å²) in [5.74, 6) is 0. The zero-order valence-electron chi connectivity index (χ0n) is 8.04. The fourth-order valence-electron chi connectivity index (χ4n) is 1.65. The lowest BCUT2D eigenvalue weighted by Gasteiger charge is -2.05. The molecule has 14 heavy (non-hydrogen) atoms. The van der Waals surface area contributed by atoms with Crippen molar-refractivity contribution in [2.24, 2.45) is 7.05 Å². The summed E-state index contributed by atoms with van der Waals surface area (Å²) in [6.07, 6.45) is 1.83. The van der Waals surface area contributed by atoms with Crippen LogP contribution in [0.15, 0.2) is 29.2 Å². The third-order valence-electron chi connectivity index (χ3n) is 2.34. The van der Waals surface area contributed by atoms with E-state index in [2.05, 4.69) is 0 Å². The molecular weight excluding hydrogens is 198 g/mol. The van der Waals surface area contributed by atoms with Crippen molar-refractivity contribution in [3.05, 3.63) is 45.3 Å². The van der Waals surface area contributed by atoms with Gasteiger partial charge in [-0.2, -0.15) is 0 Å². The van der Waals surface area contributed by atoms with E-state index in [9.17, 15) is 4.79 Å². The molecule has 0 unspecified atom stereocenters. The SMILES string of the molecule is Cc1cn(C)c(=O)c2cc(Cl)ccc12. The van der Waals surface area contributed by atoms with Crippen molar-refractivity contribution >= 4 is 22.4 Å². The Morgan fingerprint density at radius 1 is 1.29 bits per heavy atom. The second kappa shape index (κ2) is 3.14. The first-order chi connectivity index (χ1) is 6.59. The monoisotopic (exact) mass is 207 g/mol. The van der Waals surface area contributed by atoms with Crippen LogP contribution >= 0.6 is 11.6 Å². The summed E-state index contributed by atoms with van der Waals surface area (Å²) in [4.78, 5) is 11.7. The van der Waals surface area contributed by atoms with Gasteiger partial charge in [0.1, 0.15) is 0 Å². The lowest BCUT2D eigenvalue weighted by Crippen LogP contribution is -2.16. The van der Waals surface area contributed by atoms with Crippen molar-refractivity contribution in [2.75, 3.05) is 0 Å². The van der Waals surface area contributed by atoms with Crippen LogP contribution in [0.1, 0.15) is 5.56 Å². The van der Waals surface area contributed by atoms with E-state index >= 15 is 0 Å². The van der Waals surface area contributed by atoms with Gasteiger partial charge in [-0.15, -0.1) is 0 Å². The fraction of sp³-hybridized carbons (Fsp3) is 0.182. The Morgan fingerprint density at radius 3 is 2.71 bits per heavy atom. The van der Waals surface area contributed by atoms with Gasteiger partial charge in [-0.3, -0.25) is 4.79 Å². The minimum Gasteiger partial charge on any atom is -0.318 e. The number of hydrogen-bond acceptors (Lipinski definition) is 1. The molecule has 2 nitrogen and oxygen atoms in total. The molecule has 1 aromatic heterocycles. The van der Waals surface area contributed by atoms with E-state index in [1.54, 1.807) is 23.7 Å². The first-order valence-corrected chi connectivity index (χ1v) is 4.73. The molecule has 0 saturated carbocycles. The van der Waals surface area contributed by atoms with Gasteiger partial charge in [0.15, 0.2) is 0 Å². The summed E-state index contributed by atoms with van der Waals surface area (Å²) in [5, 5.41) is 2.25. The number of nitrogens with zero attached hydrogens (tertiary/aromatic N) is 1. The second-order valence-electron chi connectivity index (χ2n) is 3.42. The number of fused-ring (bicyclic) bond motifs is 1. The molecule has 0 fully saturated rings. The Bertz CT molecular complexity index is 557. The van der Waals surface area contributed by atoms with E-state index in [-0.39, 0.29) is 5.56 Å². The summed E-state index contributed by atoms with van der Waals surface area (Å²) in [5.41, 5.74) is 1.08. The zero-order valence-corrected chi connectivity index (χ0v) is 8.80. The number of rotatable bonds is 0. The van der Waals surface area contributed by atoms with Gasteiger partial charge >= 0.3 is 0 Å². The molecule has 0 radical (unpaired) electrons. The fourth-order valence-corrected chi connectivity index (χ4v) is 1.82. The molecule has 0 N–H and O–H groups in total. The van der Waals surface area contributed by atoms with Crippen LogP contribution in [0.5, 0.6) is 0 Å². The molecule has 3 heteroatoms. The predicted molar refractivity (Wildman–Crippen MR) is 58.9 cm³/mol. The minimum atomic E-state index is -0.00639. The predicted octanol–water partition coefficient (Wildman–Crippen LogP) is 2.50. The average Bonchev–Trinajstić information content (AvgIpc) is 2.14. The van der Waals surface area contributed by atoms with Gasteiger partial charge in [-0.25, -0.2) is 0 Å². The Kier molecular flexibility index (Phi) is 2.08. The Hall–Kier alpha value is -1.28. The summed E-state index contributed by atoms with van der Waals surface area (Å²) in [7, 11) is 1.75. The quantitative estimate of drug-likeness (QED) is 0.651. The molecule has 0 saturated heterocycles. The van der Waals surface area contributed by atoms with Crippen LogP contribution in [-0.4, -0.2) is 4.57 Å². The lowest BCUT2D eigenvalue weighted by molar-refractivity contribution is 0.866. The first kappa shape index (κ1) is 9.28. The molecule has 0 spiro atoms. The van der Waals surface area contributed by atoms with Crippen LogP contribution in [0.25, 0.3) is 10.8 Å². The van der Waals surface area contributed by atoms with Gasteiger partial charge in [0.2, 0.25) is 0 Å². The molecule has 1 aromatic carbocycles. The average molecular weight is 208 g/mol. The van der Waals surface area contributed by atoms with E-state index in [4.69, 9.17) is 11.6 Å². The van der Waals surface area contributed by atoms with E-state index in [0.29, 0.717) is 10.4 Å². The summed E-state index contributed by atoms with van der Waals surface area (Å²) < 4.78 is 1.58. The van der Waals surface area contributed by atoms with Crippen molar-refractivity contribution in [3.8, 4) is 0 Å². The summed E-state index contributed by atoms with van der Waals surface area (Å²) >= 11 is 5.85. The second-order valence-corrected chi connectivity index (χ2v) is 3.85. The van der Waals surface area contributed by atoms with Crippen LogP contribution in [0, 0.1) is 6.92 Å². The van der Waals surface area contributed by atoms with Crippen LogP contribution in [0.3, 0.4) is 0 Å². The van der Waals surface area contributed by atoms with Gasteiger partial charge in [-0.1, -0.05) is 17.7 Å². The molecule has 72 valence electrons. The van der Waals surface area contributed by atoms with Gasteiger partial charge in [0.05, 0.1) is 0 Å². The normalized spacial score (nSPS) is 10.8. The summed E-state index contributed by atoms with van der Waals surface area (Å²) in [6.45, 7) is 1.98. The zero-order chi connectivity index (χ0) is 10.3. The van der Waals surface area contributed by atoms with Crippen LogP contribution < -0.4 is 5.56 Å². The van der Waals surface area contributed by atoms with Crippen LogP contribution in [-0.2, 0) is 7.05 Å². The van der Waals surface area contributed by atoms with Gasteiger partial charge in [-0.05, 0) is 30.0 Å². The molecule has 1 heterocycles. The lowest BCUT2D eigenvalue weighted by atomic mass is 10.1. The Morgan fingerprint density at radius 2 is 2.00 bits per heavy atom. The smallest absolute Gasteiger partial charge is 0.258 e. The Labute approximate surface area is 86.7 Å². The number of hydrogen-bond donors (Lipinski definition) is 0. The molecule has 0 bridgehead atoms. The largest absolute Gasteiger partial charge is 0.318 e. The number of halogens is 1. The highest BCUT2D eigenvalue weighted by Gasteiger charge is 2.03. The third-order valence-corrected chi connectivity index (χ3v) is 2.58. The maximum absolute atomic E-state index is 11.7. The molecule has 0 atom stereocenters. The van der Waals surface area contributed by atoms with Crippen molar-refractivity contribution in [1.29, 1.82) is 0 Å². The summed E-state index contributed by atoms with van der Waals surface area (Å²) in [6, 6.07) is 5.40. The molecule has 0 aliphatic heterocycles.